The number of aromatic nitrogens is 1. The van der Waals surface area contributed by atoms with Crippen LogP contribution in [0.1, 0.15) is 54.1 Å². The maximum absolute atomic E-state index is 14.8. The zero-order chi connectivity index (χ0) is 31.4. The van der Waals surface area contributed by atoms with E-state index >= 15 is 0 Å². The van der Waals surface area contributed by atoms with Gasteiger partial charge in [-0.05, 0) is 72.4 Å². The largest absolute Gasteiger partial charge is 0.429 e. The topological polar surface area (TPSA) is 22.1 Å². The lowest BCUT2D eigenvalue weighted by atomic mass is 10.0. The average Bonchev–Trinajstić information content (AvgIpc) is 2.91. The van der Waals surface area contributed by atoms with Gasteiger partial charge in [0.05, 0.1) is 11.1 Å². The van der Waals surface area contributed by atoms with Crippen LogP contribution in [0.2, 0.25) is 0 Å². The number of nitrogens with zero attached hydrogens (tertiary/aromatic N) is 1. The third-order valence-electron chi connectivity index (χ3n) is 6.33. The third kappa shape index (κ3) is 7.69. The van der Waals surface area contributed by atoms with Crippen LogP contribution in [-0.2, 0) is 18.7 Å². The molecule has 0 amide bonds. The number of rotatable bonds is 8. The quantitative estimate of drug-likeness (QED) is 0.113. The minimum atomic E-state index is -5.39. The normalized spacial score (nSPS) is 11.7. The van der Waals surface area contributed by atoms with Crippen LogP contribution < -0.4 is 4.74 Å². The van der Waals surface area contributed by atoms with E-state index in [9.17, 15) is 39.5 Å². The van der Waals surface area contributed by atoms with Crippen molar-refractivity contribution in [2.45, 2.75) is 44.9 Å². The number of pyridine rings is 1. The van der Waals surface area contributed by atoms with E-state index in [0.29, 0.717) is 23.4 Å². The number of unbranched alkanes of at least 4 members (excludes halogenated alkanes) is 2. The molecule has 0 atom stereocenters. The van der Waals surface area contributed by atoms with Gasteiger partial charge in [-0.3, -0.25) is 0 Å². The van der Waals surface area contributed by atoms with Gasteiger partial charge in [0.15, 0.2) is 0 Å². The number of hydrogen-bond donors (Lipinski definition) is 0. The molecule has 0 spiro atoms. The smallest absolute Gasteiger partial charge is 0.426 e. The molecule has 1 aromatic heterocycles. The van der Waals surface area contributed by atoms with Crippen LogP contribution in [0, 0.1) is 35.1 Å². The molecule has 4 rings (SSSR count). The average molecular weight is 608 g/mol. The molecule has 0 unspecified atom stereocenters. The second-order valence-electron chi connectivity index (χ2n) is 9.53. The second kappa shape index (κ2) is 12.8. The molecule has 0 saturated carbocycles. The Morgan fingerprint density at radius 1 is 0.744 bits per heavy atom. The SMILES string of the molecule is CCCCCc1ccc(C#Cc2ccc(C(F)(F)Oc3cc(F)c(-c4cc(F)c(C(F)(F)F)c(F)c4)c(F)c3)cc2)nc1. The zero-order valence-corrected chi connectivity index (χ0v) is 22.4. The van der Waals surface area contributed by atoms with Crippen molar-refractivity contribution >= 4 is 0 Å². The Kier molecular flexibility index (Phi) is 9.38. The van der Waals surface area contributed by atoms with Gasteiger partial charge in [-0.25, -0.2) is 22.5 Å². The fraction of sp³-hybridized carbons (Fsp3) is 0.219. The molecule has 3 aromatic carbocycles. The van der Waals surface area contributed by atoms with Gasteiger partial charge < -0.3 is 4.74 Å². The molecule has 0 aliphatic heterocycles. The van der Waals surface area contributed by atoms with Gasteiger partial charge in [0.2, 0.25) is 0 Å². The lowest BCUT2D eigenvalue weighted by Gasteiger charge is -2.19. The van der Waals surface area contributed by atoms with Crippen LogP contribution in [0.3, 0.4) is 0 Å². The van der Waals surface area contributed by atoms with Crippen LogP contribution >= 0.6 is 0 Å². The first-order valence-electron chi connectivity index (χ1n) is 13.0. The third-order valence-corrected chi connectivity index (χ3v) is 6.33. The van der Waals surface area contributed by atoms with E-state index in [1.165, 1.54) is 12.1 Å². The molecule has 0 fully saturated rings. The van der Waals surface area contributed by atoms with Crippen LogP contribution in [0.15, 0.2) is 66.9 Å². The van der Waals surface area contributed by atoms with Crippen molar-refractivity contribution in [2.75, 3.05) is 0 Å². The Balaban J connectivity index is 1.48. The van der Waals surface area contributed by atoms with E-state index < -0.39 is 63.6 Å². The second-order valence-corrected chi connectivity index (χ2v) is 9.53. The van der Waals surface area contributed by atoms with E-state index in [1.807, 2.05) is 6.07 Å². The molecule has 0 N–H and O–H groups in total. The minimum Gasteiger partial charge on any atom is -0.429 e. The van der Waals surface area contributed by atoms with Crippen molar-refractivity contribution in [3.63, 3.8) is 0 Å². The van der Waals surface area contributed by atoms with Crippen molar-refractivity contribution < 1.29 is 44.3 Å². The highest BCUT2D eigenvalue weighted by Gasteiger charge is 2.38. The fourth-order valence-corrected chi connectivity index (χ4v) is 4.19. The number of hydrogen-bond acceptors (Lipinski definition) is 2. The number of alkyl halides is 5. The first-order valence-corrected chi connectivity index (χ1v) is 13.0. The van der Waals surface area contributed by atoms with Gasteiger partial charge in [0, 0.05) is 23.9 Å². The molecule has 11 heteroatoms. The summed E-state index contributed by atoms with van der Waals surface area (Å²) in [6.45, 7) is 2.12. The highest BCUT2D eigenvalue weighted by molar-refractivity contribution is 5.66. The summed E-state index contributed by atoms with van der Waals surface area (Å²) in [5, 5.41) is 0. The van der Waals surface area contributed by atoms with Crippen LogP contribution in [0.5, 0.6) is 5.75 Å². The number of benzene rings is 3. The zero-order valence-electron chi connectivity index (χ0n) is 22.4. The van der Waals surface area contributed by atoms with Gasteiger partial charge >= 0.3 is 12.3 Å². The summed E-state index contributed by atoms with van der Waals surface area (Å²) < 4.78 is 130. The summed E-state index contributed by atoms with van der Waals surface area (Å²) in [5.41, 5.74) is -3.00. The van der Waals surface area contributed by atoms with Gasteiger partial charge in [0.1, 0.15) is 40.3 Å². The Bertz CT molecular complexity index is 1610. The molecular formula is C32H22F9NO. The van der Waals surface area contributed by atoms with Gasteiger partial charge in [-0.1, -0.05) is 31.8 Å². The molecule has 0 aliphatic rings. The fourth-order valence-electron chi connectivity index (χ4n) is 4.19. The van der Waals surface area contributed by atoms with E-state index in [4.69, 9.17) is 0 Å². The van der Waals surface area contributed by atoms with Gasteiger partial charge in [0.25, 0.3) is 0 Å². The molecule has 43 heavy (non-hydrogen) atoms. The van der Waals surface area contributed by atoms with Crippen molar-refractivity contribution in [3.8, 4) is 28.7 Å². The Morgan fingerprint density at radius 3 is 1.91 bits per heavy atom. The molecule has 4 aromatic rings. The number of ether oxygens (including phenoxy) is 1. The minimum absolute atomic E-state index is 0.0900. The van der Waals surface area contributed by atoms with E-state index in [1.54, 1.807) is 12.3 Å². The van der Waals surface area contributed by atoms with Gasteiger partial charge in [-0.2, -0.15) is 22.0 Å². The molecule has 0 bridgehead atoms. The van der Waals surface area contributed by atoms with Gasteiger partial charge in [-0.15, -0.1) is 0 Å². The van der Waals surface area contributed by atoms with E-state index in [-0.39, 0.29) is 12.1 Å². The maximum Gasteiger partial charge on any atom is 0.426 e. The highest BCUT2D eigenvalue weighted by Crippen LogP contribution is 2.39. The molecule has 0 aliphatic carbocycles. The van der Waals surface area contributed by atoms with Crippen molar-refractivity contribution in [1.82, 2.24) is 4.98 Å². The molecule has 224 valence electrons. The van der Waals surface area contributed by atoms with Crippen LogP contribution in [0.4, 0.5) is 39.5 Å². The lowest BCUT2D eigenvalue weighted by molar-refractivity contribution is -0.185. The first kappa shape index (κ1) is 31.5. The Morgan fingerprint density at radius 2 is 1.37 bits per heavy atom. The van der Waals surface area contributed by atoms with Crippen molar-refractivity contribution in [3.05, 3.63) is 118 Å². The summed E-state index contributed by atoms with van der Waals surface area (Å²) in [6, 6.07) is 9.09. The summed E-state index contributed by atoms with van der Waals surface area (Å²) in [7, 11) is 0. The first-order chi connectivity index (χ1) is 20.3. The molecule has 1 heterocycles. The van der Waals surface area contributed by atoms with Crippen LogP contribution in [0.25, 0.3) is 11.1 Å². The van der Waals surface area contributed by atoms with E-state index in [2.05, 4.69) is 28.5 Å². The molecular weight excluding hydrogens is 585 g/mol. The summed E-state index contributed by atoms with van der Waals surface area (Å²) >= 11 is 0. The summed E-state index contributed by atoms with van der Waals surface area (Å²) in [4.78, 5) is 4.28. The Labute approximate surface area is 241 Å². The lowest BCUT2D eigenvalue weighted by Crippen LogP contribution is -2.22. The number of aryl methyl sites for hydroxylation is 1. The monoisotopic (exact) mass is 607 g/mol. The van der Waals surface area contributed by atoms with E-state index in [0.717, 1.165) is 43.4 Å². The predicted molar refractivity (Wildman–Crippen MR) is 141 cm³/mol. The van der Waals surface area contributed by atoms with Crippen molar-refractivity contribution in [2.24, 2.45) is 0 Å². The predicted octanol–water partition coefficient (Wildman–Crippen LogP) is 9.58. The number of halogens is 9. The molecule has 0 saturated heterocycles. The summed E-state index contributed by atoms with van der Waals surface area (Å²) in [5.74, 6) is -2.75. The van der Waals surface area contributed by atoms with Crippen LogP contribution in [-0.4, -0.2) is 4.98 Å². The Hall–Kier alpha value is -4.46. The maximum atomic E-state index is 14.8. The van der Waals surface area contributed by atoms with Crippen molar-refractivity contribution in [1.29, 1.82) is 0 Å². The molecule has 0 radical (unpaired) electrons. The standard InChI is InChI=1S/C32H22F9NO/c1-2-3-4-5-20-9-13-23(42-18-20)12-8-19-6-10-22(11-7-19)32(40,41)43-24-16-25(33)29(26(34)17-24)21-14-27(35)30(28(36)15-21)31(37,38)39/h6-7,9-11,13-18H,2-5H2,1H3. The highest BCUT2D eigenvalue weighted by atomic mass is 19.4. The summed E-state index contributed by atoms with van der Waals surface area (Å²) in [6.07, 6.45) is -3.53. The molecule has 2 nitrogen and oxygen atoms in total.